The Morgan fingerprint density at radius 1 is 0.778 bits per heavy atom. The van der Waals surface area contributed by atoms with E-state index in [2.05, 4.69) is 10.6 Å². The Bertz CT molecular complexity index is 1340. The molecule has 2 N–H and O–H groups in total. The third-order valence-electron chi connectivity index (χ3n) is 5.92. The summed E-state index contributed by atoms with van der Waals surface area (Å²) in [4.78, 5) is 26.9. The van der Waals surface area contributed by atoms with Gasteiger partial charge >= 0.3 is 0 Å². The van der Waals surface area contributed by atoms with Crippen LogP contribution in [0.3, 0.4) is 0 Å². The number of aryl methyl sites for hydroxylation is 1. The number of rotatable bonds is 8. The Morgan fingerprint density at radius 3 is 2.14 bits per heavy atom. The van der Waals surface area contributed by atoms with E-state index in [9.17, 15) is 9.59 Å². The van der Waals surface area contributed by atoms with Gasteiger partial charge in [0.25, 0.3) is 5.91 Å². The van der Waals surface area contributed by atoms with Gasteiger partial charge in [-0.15, -0.1) is 11.8 Å². The van der Waals surface area contributed by atoms with Crippen LogP contribution in [0.25, 0.3) is 0 Å². The Kier molecular flexibility index (Phi) is 8.08. The molecule has 5 nitrogen and oxygen atoms in total. The molecule has 0 aromatic heterocycles. The summed E-state index contributed by atoms with van der Waals surface area (Å²) < 4.78 is 5.14. The number of hydrogen-bond acceptors (Lipinski definition) is 4. The molecule has 1 unspecified atom stereocenters. The minimum atomic E-state index is -0.439. The summed E-state index contributed by atoms with van der Waals surface area (Å²) in [6, 6.07) is 30.1. The number of hydrogen-bond donors (Lipinski definition) is 2. The molecule has 0 aliphatic heterocycles. The molecule has 0 aliphatic rings. The molecule has 0 heterocycles. The van der Waals surface area contributed by atoms with Crippen molar-refractivity contribution in [3.63, 3.8) is 0 Å². The summed E-state index contributed by atoms with van der Waals surface area (Å²) in [7, 11) is 1.59. The molecule has 0 saturated heterocycles. The highest BCUT2D eigenvalue weighted by Gasteiger charge is 2.23. The summed E-state index contributed by atoms with van der Waals surface area (Å²) in [6.45, 7) is 4.04. The fourth-order valence-electron chi connectivity index (χ4n) is 3.68. The average molecular weight is 497 g/mol. The first-order valence-electron chi connectivity index (χ1n) is 11.6. The summed E-state index contributed by atoms with van der Waals surface area (Å²) in [6.07, 6.45) is 0. The highest BCUT2D eigenvalue weighted by atomic mass is 32.2. The second kappa shape index (κ2) is 11.6. The Labute approximate surface area is 215 Å². The van der Waals surface area contributed by atoms with Crippen molar-refractivity contribution in [3.05, 3.63) is 119 Å². The lowest BCUT2D eigenvalue weighted by molar-refractivity contribution is -0.115. The molecule has 4 rings (SSSR count). The van der Waals surface area contributed by atoms with Gasteiger partial charge in [0.15, 0.2) is 0 Å². The highest BCUT2D eigenvalue weighted by molar-refractivity contribution is 8.00. The van der Waals surface area contributed by atoms with E-state index in [0.717, 1.165) is 27.3 Å². The molecule has 0 radical (unpaired) electrons. The maximum absolute atomic E-state index is 13.4. The van der Waals surface area contributed by atoms with Crippen molar-refractivity contribution in [1.82, 2.24) is 0 Å². The number of methoxy groups -OCH3 is 1. The van der Waals surface area contributed by atoms with Crippen LogP contribution < -0.4 is 15.4 Å². The molecule has 0 fully saturated rings. The molecule has 36 heavy (non-hydrogen) atoms. The molecule has 0 aliphatic carbocycles. The maximum atomic E-state index is 13.4. The molecule has 4 aromatic rings. The molecule has 182 valence electrons. The zero-order chi connectivity index (χ0) is 25.5. The summed E-state index contributed by atoms with van der Waals surface area (Å²) in [5, 5.41) is 5.58. The van der Waals surface area contributed by atoms with Crippen LogP contribution >= 0.6 is 11.8 Å². The van der Waals surface area contributed by atoms with Gasteiger partial charge < -0.3 is 15.4 Å². The summed E-state index contributed by atoms with van der Waals surface area (Å²) >= 11 is 1.47. The summed E-state index contributed by atoms with van der Waals surface area (Å²) in [5.41, 5.74) is 5.14. The van der Waals surface area contributed by atoms with Crippen molar-refractivity contribution in [2.24, 2.45) is 0 Å². The van der Waals surface area contributed by atoms with Gasteiger partial charge in [-0.3, -0.25) is 9.59 Å². The van der Waals surface area contributed by atoms with E-state index in [0.29, 0.717) is 17.0 Å². The van der Waals surface area contributed by atoms with Crippen LogP contribution in [0.2, 0.25) is 0 Å². The van der Waals surface area contributed by atoms with E-state index in [4.69, 9.17) is 4.74 Å². The first kappa shape index (κ1) is 25.1. The lowest BCUT2D eigenvalue weighted by Gasteiger charge is -2.19. The quantitative estimate of drug-likeness (QED) is 0.257. The van der Waals surface area contributed by atoms with E-state index in [-0.39, 0.29) is 11.8 Å². The third kappa shape index (κ3) is 6.15. The second-order valence-corrected chi connectivity index (χ2v) is 9.53. The monoisotopic (exact) mass is 496 g/mol. The number of anilines is 2. The molecule has 0 saturated carbocycles. The van der Waals surface area contributed by atoms with Crippen LogP contribution in [-0.4, -0.2) is 18.9 Å². The number of carbonyl (C=O) groups excluding carboxylic acids is 2. The van der Waals surface area contributed by atoms with Gasteiger partial charge in [0.05, 0.1) is 7.11 Å². The average Bonchev–Trinajstić information content (AvgIpc) is 2.91. The first-order valence-corrected chi connectivity index (χ1v) is 12.5. The fourth-order valence-corrected chi connectivity index (χ4v) is 4.71. The van der Waals surface area contributed by atoms with Gasteiger partial charge in [-0.1, -0.05) is 42.5 Å². The number of thioether (sulfide) groups is 1. The van der Waals surface area contributed by atoms with Crippen molar-refractivity contribution < 1.29 is 14.3 Å². The van der Waals surface area contributed by atoms with Gasteiger partial charge in [-0.05, 0) is 85.1 Å². The lowest BCUT2D eigenvalue weighted by atomic mass is 10.1. The van der Waals surface area contributed by atoms with Gasteiger partial charge in [0.2, 0.25) is 5.91 Å². The van der Waals surface area contributed by atoms with Gasteiger partial charge in [0, 0.05) is 21.8 Å². The van der Waals surface area contributed by atoms with Crippen LogP contribution in [-0.2, 0) is 4.79 Å². The molecular formula is C30H28N2O3S. The van der Waals surface area contributed by atoms with Crippen LogP contribution in [0.15, 0.2) is 102 Å². The SMILES string of the molecule is COc1ccc(C(=O)Nc2ccc(SC(C(=O)Nc3cccc(C)c3C)c3ccccc3)cc2)cc1. The van der Waals surface area contributed by atoms with Crippen molar-refractivity contribution in [2.75, 3.05) is 17.7 Å². The Hall–Kier alpha value is -4.03. The smallest absolute Gasteiger partial charge is 0.255 e. The topological polar surface area (TPSA) is 67.4 Å². The number of carbonyl (C=O) groups is 2. The van der Waals surface area contributed by atoms with Gasteiger partial charge in [-0.2, -0.15) is 0 Å². The first-order chi connectivity index (χ1) is 17.4. The minimum Gasteiger partial charge on any atom is -0.497 e. The van der Waals surface area contributed by atoms with E-state index in [1.165, 1.54) is 11.8 Å². The number of nitrogens with one attached hydrogen (secondary N) is 2. The van der Waals surface area contributed by atoms with Crippen LogP contribution in [0.5, 0.6) is 5.75 Å². The van der Waals surface area contributed by atoms with Crippen molar-refractivity contribution in [1.29, 1.82) is 0 Å². The van der Waals surface area contributed by atoms with E-state index in [1.54, 1.807) is 31.4 Å². The Morgan fingerprint density at radius 2 is 1.47 bits per heavy atom. The Balaban J connectivity index is 1.48. The molecule has 6 heteroatoms. The standard InChI is InChI=1S/C30H28N2O3S/c1-20-8-7-11-27(21(20)2)32-30(34)28(22-9-5-4-6-10-22)36-26-18-14-24(15-19-26)31-29(33)23-12-16-25(35-3)17-13-23/h4-19,28H,1-3H3,(H,31,33)(H,32,34). The van der Waals surface area contributed by atoms with E-state index >= 15 is 0 Å². The number of ether oxygens (including phenoxy) is 1. The maximum Gasteiger partial charge on any atom is 0.255 e. The predicted molar refractivity (Wildman–Crippen MR) is 147 cm³/mol. The zero-order valence-corrected chi connectivity index (χ0v) is 21.3. The normalized spacial score (nSPS) is 11.4. The molecule has 0 bridgehead atoms. The number of benzene rings is 4. The van der Waals surface area contributed by atoms with E-state index in [1.807, 2.05) is 86.6 Å². The lowest BCUT2D eigenvalue weighted by Crippen LogP contribution is -2.19. The van der Waals surface area contributed by atoms with E-state index < -0.39 is 5.25 Å². The van der Waals surface area contributed by atoms with Gasteiger partial charge in [0.1, 0.15) is 11.0 Å². The zero-order valence-electron chi connectivity index (χ0n) is 20.4. The fraction of sp³-hybridized carbons (Fsp3) is 0.133. The minimum absolute atomic E-state index is 0.0863. The number of amides is 2. The van der Waals surface area contributed by atoms with Crippen LogP contribution in [0.1, 0.15) is 32.3 Å². The summed E-state index contributed by atoms with van der Waals surface area (Å²) in [5.74, 6) is 0.410. The molecule has 4 aromatic carbocycles. The molecule has 0 spiro atoms. The van der Waals surface area contributed by atoms with Crippen molar-refractivity contribution in [3.8, 4) is 5.75 Å². The largest absolute Gasteiger partial charge is 0.497 e. The second-order valence-electron chi connectivity index (χ2n) is 8.35. The van der Waals surface area contributed by atoms with Gasteiger partial charge in [-0.25, -0.2) is 0 Å². The van der Waals surface area contributed by atoms with Crippen molar-refractivity contribution in [2.45, 2.75) is 24.0 Å². The molecule has 2 amide bonds. The molecular weight excluding hydrogens is 468 g/mol. The van der Waals surface area contributed by atoms with Crippen LogP contribution in [0, 0.1) is 13.8 Å². The third-order valence-corrected chi connectivity index (χ3v) is 7.19. The highest BCUT2D eigenvalue weighted by Crippen LogP contribution is 2.37. The van der Waals surface area contributed by atoms with Crippen LogP contribution in [0.4, 0.5) is 11.4 Å². The molecule has 1 atom stereocenters. The predicted octanol–water partition coefficient (Wildman–Crippen LogP) is 7.04. The van der Waals surface area contributed by atoms with Crippen molar-refractivity contribution >= 4 is 35.0 Å².